The molecule has 0 atom stereocenters. The summed E-state index contributed by atoms with van der Waals surface area (Å²) in [6, 6.07) is 12.5. The fourth-order valence-corrected chi connectivity index (χ4v) is 3.66. The Morgan fingerprint density at radius 2 is 1.71 bits per heavy atom. The average molecular weight is 440 g/mol. The summed E-state index contributed by atoms with van der Waals surface area (Å²) in [5.41, 5.74) is 2.13. The Morgan fingerprint density at radius 3 is 2.29 bits per heavy atom. The maximum absolute atomic E-state index is 13.2. The molecular weight excluding hydrogens is 414 g/mol. The number of thiocarbonyl (C=S) groups is 1. The minimum atomic E-state index is -0.547. The molecule has 1 aliphatic rings. The average Bonchev–Trinajstić information content (AvgIpc) is 2.78. The summed E-state index contributed by atoms with van der Waals surface area (Å²) in [5, 5.41) is 2.62. The van der Waals surface area contributed by atoms with E-state index in [0.717, 1.165) is 18.8 Å². The molecule has 1 fully saturated rings. The number of hydrogen-bond acceptors (Lipinski definition) is 6. The lowest BCUT2D eigenvalue weighted by Crippen LogP contribution is -2.54. The van der Waals surface area contributed by atoms with Gasteiger partial charge in [0.05, 0.1) is 19.9 Å². The van der Waals surface area contributed by atoms with Crippen molar-refractivity contribution in [3.63, 3.8) is 0 Å². The van der Waals surface area contributed by atoms with E-state index in [0.29, 0.717) is 22.7 Å². The Balaban J connectivity index is 1.99. The van der Waals surface area contributed by atoms with Gasteiger partial charge in [0.25, 0.3) is 11.8 Å². The number of nitrogens with one attached hydrogen (secondary N) is 1. The van der Waals surface area contributed by atoms with Crippen molar-refractivity contribution in [1.82, 2.24) is 5.32 Å². The summed E-state index contributed by atoms with van der Waals surface area (Å²) in [6.07, 6.45) is 1.53. The van der Waals surface area contributed by atoms with Crippen molar-refractivity contribution < 1.29 is 19.1 Å². The minimum absolute atomic E-state index is 0.0289. The zero-order valence-electron chi connectivity index (χ0n) is 18.0. The number of ether oxygens (including phenoxy) is 2. The Bertz CT molecular complexity index is 1030. The Morgan fingerprint density at radius 1 is 1.03 bits per heavy atom. The monoisotopic (exact) mass is 439 g/mol. The van der Waals surface area contributed by atoms with Gasteiger partial charge in [0.15, 0.2) is 5.11 Å². The number of carbonyl (C=O) groups excluding carboxylic acids is 2. The third-order valence-electron chi connectivity index (χ3n) is 5.08. The van der Waals surface area contributed by atoms with Gasteiger partial charge in [0, 0.05) is 30.4 Å². The Labute approximate surface area is 187 Å². The highest BCUT2D eigenvalue weighted by Crippen LogP contribution is 2.29. The minimum Gasteiger partial charge on any atom is -0.497 e. The van der Waals surface area contributed by atoms with Crippen LogP contribution in [0.3, 0.4) is 0 Å². The zero-order chi connectivity index (χ0) is 22.5. The first-order chi connectivity index (χ1) is 14.9. The van der Waals surface area contributed by atoms with Gasteiger partial charge >= 0.3 is 0 Å². The van der Waals surface area contributed by atoms with Gasteiger partial charge in [-0.3, -0.25) is 19.8 Å². The SMILES string of the molecule is CCN(CC)c1ccc(/C=C2\C(=O)NC(=S)N(c3ccc(OC)cc3)C2=O)c(OC)c1. The molecule has 2 aromatic rings. The van der Waals surface area contributed by atoms with E-state index in [1.165, 1.54) is 11.0 Å². The fourth-order valence-electron chi connectivity index (χ4n) is 3.38. The summed E-state index contributed by atoms with van der Waals surface area (Å²) < 4.78 is 10.7. The highest BCUT2D eigenvalue weighted by molar-refractivity contribution is 7.80. The van der Waals surface area contributed by atoms with E-state index in [1.54, 1.807) is 38.5 Å². The molecule has 0 radical (unpaired) electrons. The number of benzene rings is 2. The van der Waals surface area contributed by atoms with Crippen LogP contribution in [0, 0.1) is 0 Å². The summed E-state index contributed by atoms with van der Waals surface area (Å²) in [7, 11) is 3.12. The van der Waals surface area contributed by atoms with Crippen LogP contribution in [0.4, 0.5) is 11.4 Å². The lowest BCUT2D eigenvalue weighted by atomic mass is 10.1. The van der Waals surface area contributed by atoms with Crippen LogP contribution in [0.1, 0.15) is 19.4 Å². The van der Waals surface area contributed by atoms with Crippen molar-refractivity contribution in [2.75, 3.05) is 37.1 Å². The molecule has 2 amide bonds. The first kappa shape index (κ1) is 22.3. The lowest BCUT2D eigenvalue weighted by molar-refractivity contribution is -0.122. The number of methoxy groups -OCH3 is 2. The quantitative estimate of drug-likeness (QED) is 0.405. The highest BCUT2D eigenvalue weighted by atomic mass is 32.1. The number of amides is 2. The van der Waals surface area contributed by atoms with Crippen LogP contribution < -0.4 is 24.6 Å². The molecule has 0 aliphatic carbocycles. The van der Waals surface area contributed by atoms with Gasteiger partial charge in [-0.1, -0.05) is 0 Å². The molecule has 1 aliphatic heterocycles. The van der Waals surface area contributed by atoms with Gasteiger partial charge in [0.2, 0.25) is 0 Å². The van der Waals surface area contributed by atoms with Crippen LogP contribution in [0.5, 0.6) is 11.5 Å². The predicted octanol–water partition coefficient (Wildman–Crippen LogP) is 3.38. The van der Waals surface area contributed by atoms with Crippen molar-refractivity contribution in [3.05, 3.63) is 53.6 Å². The first-order valence-corrected chi connectivity index (χ1v) is 10.3. The second kappa shape index (κ2) is 9.61. The Kier molecular flexibility index (Phi) is 6.91. The van der Waals surface area contributed by atoms with Gasteiger partial charge in [-0.25, -0.2) is 0 Å². The number of anilines is 2. The van der Waals surface area contributed by atoms with E-state index < -0.39 is 11.8 Å². The molecule has 3 rings (SSSR count). The molecular formula is C23H25N3O4S. The van der Waals surface area contributed by atoms with E-state index in [9.17, 15) is 9.59 Å². The second-order valence-electron chi connectivity index (χ2n) is 6.75. The molecule has 1 saturated heterocycles. The van der Waals surface area contributed by atoms with Crippen LogP contribution >= 0.6 is 12.2 Å². The van der Waals surface area contributed by atoms with Gasteiger partial charge in [0.1, 0.15) is 17.1 Å². The largest absolute Gasteiger partial charge is 0.497 e. The number of carbonyl (C=O) groups is 2. The molecule has 31 heavy (non-hydrogen) atoms. The van der Waals surface area contributed by atoms with Crippen molar-refractivity contribution in [2.45, 2.75) is 13.8 Å². The number of nitrogens with zero attached hydrogens (tertiary/aromatic N) is 2. The summed E-state index contributed by atoms with van der Waals surface area (Å²) >= 11 is 5.25. The maximum Gasteiger partial charge on any atom is 0.270 e. The second-order valence-corrected chi connectivity index (χ2v) is 7.14. The van der Waals surface area contributed by atoms with Gasteiger partial charge in [-0.15, -0.1) is 0 Å². The number of rotatable bonds is 7. The van der Waals surface area contributed by atoms with Crippen LogP contribution in [0.15, 0.2) is 48.0 Å². The zero-order valence-corrected chi connectivity index (χ0v) is 18.8. The van der Waals surface area contributed by atoms with E-state index >= 15 is 0 Å². The molecule has 8 heteroatoms. The van der Waals surface area contributed by atoms with Gasteiger partial charge < -0.3 is 14.4 Å². The molecule has 0 spiro atoms. The molecule has 162 valence electrons. The Hall–Kier alpha value is -3.39. The third kappa shape index (κ3) is 4.54. The lowest BCUT2D eigenvalue weighted by Gasteiger charge is -2.29. The molecule has 1 heterocycles. The van der Waals surface area contributed by atoms with Crippen LogP contribution in [-0.2, 0) is 9.59 Å². The molecule has 2 aromatic carbocycles. The molecule has 1 N–H and O–H groups in total. The summed E-state index contributed by atoms with van der Waals surface area (Å²) in [6.45, 7) is 5.87. The number of hydrogen-bond donors (Lipinski definition) is 1. The molecule has 0 saturated carbocycles. The molecule has 0 bridgehead atoms. The molecule has 0 aromatic heterocycles. The normalized spacial score (nSPS) is 15.2. The highest BCUT2D eigenvalue weighted by Gasteiger charge is 2.34. The fraction of sp³-hybridized carbons (Fsp3) is 0.261. The smallest absolute Gasteiger partial charge is 0.270 e. The van der Waals surface area contributed by atoms with E-state index in [1.807, 2.05) is 18.2 Å². The first-order valence-electron chi connectivity index (χ1n) is 9.91. The van der Waals surface area contributed by atoms with Crippen LogP contribution in [0.2, 0.25) is 0 Å². The maximum atomic E-state index is 13.2. The van der Waals surface area contributed by atoms with Crippen molar-refractivity contribution in [1.29, 1.82) is 0 Å². The van der Waals surface area contributed by atoms with Crippen molar-refractivity contribution in [2.24, 2.45) is 0 Å². The third-order valence-corrected chi connectivity index (χ3v) is 5.36. The van der Waals surface area contributed by atoms with E-state index in [-0.39, 0.29) is 10.7 Å². The summed E-state index contributed by atoms with van der Waals surface area (Å²) in [5.74, 6) is 0.169. The van der Waals surface area contributed by atoms with Gasteiger partial charge in [-0.05, 0) is 68.5 Å². The van der Waals surface area contributed by atoms with Crippen molar-refractivity contribution in [3.8, 4) is 11.5 Å². The van der Waals surface area contributed by atoms with E-state index in [2.05, 4.69) is 24.1 Å². The topological polar surface area (TPSA) is 71.1 Å². The predicted molar refractivity (Wildman–Crippen MR) is 126 cm³/mol. The molecule has 0 unspecified atom stereocenters. The van der Waals surface area contributed by atoms with Crippen LogP contribution in [0.25, 0.3) is 6.08 Å². The van der Waals surface area contributed by atoms with Crippen molar-refractivity contribution >= 4 is 46.6 Å². The van der Waals surface area contributed by atoms with Crippen LogP contribution in [-0.4, -0.2) is 44.2 Å². The van der Waals surface area contributed by atoms with Gasteiger partial charge in [-0.2, -0.15) is 0 Å². The summed E-state index contributed by atoms with van der Waals surface area (Å²) in [4.78, 5) is 29.3. The standard InChI is InChI=1S/C23H25N3O4S/c1-5-25(6-2)17-8-7-15(20(14-17)30-4)13-19-21(27)24-23(31)26(22(19)28)16-9-11-18(29-3)12-10-16/h7-14H,5-6H2,1-4H3,(H,24,27,31)/b19-13+. The molecule has 7 nitrogen and oxygen atoms in total. The van der Waals surface area contributed by atoms with E-state index in [4.69, 9.17) is 21.7 Å².